The van der Waals surface area contributed by atoms with E-state index in [2.05, 4.69) is 18.0 Å². The zero-order chi connectivity index (χ0) is 27.6. The largest absolute Gasteiger partial charge is 0.508 e. The second-order valence-corrected chi connectivity index (χ2v) is 10.9. The minimum atomic E-state index is -0.365. The summed E-state index contributed by atoms with van der Waals surface area (Å²) < 4.78 is 6.44. The number of phenolic OH excluding ortho intramolecular Hbond substituents is 1. The van der Waals surface area contributed by atoms with Gasteiger partial charge in [0.15, 0.2) is 0 Å². The molecule has 1 aromatic heterocycles. The SMILES string of the molecule is CCCC1=C2[C@@H](CC/C(=C/c3ccc(O)cc3)c3ccccn3)OC[C@@H]2[C@@H]2C(=O)N(c3ccccc3)C(=O)[C@@H]2C1. The molecule has 3 heterocycles. The van der Waals surface area contributed by atoms with Gasteiger partial charge in [-0.1, -0.05) is 55.3 Å². The van der Waals surface area contributed by atoms with Gasteiger partial charge in [0, 0.05) is 12.1 Å². The Labute approximate surface area is 235 Å². The quantitative estimate of drug-likeness (QED) is 0.266. The van der Waals surface area contributed by atoms with Crippen molar-refractivity contribution in [3.05, 3.63) is 101 Å². The molecule has 1 aliphatic carbocycles. The van der Waals surface area contributed by atoms with Crippen molar-refractivity contribution < 1.29 is 19.4 Å². The molecule has 0 spiro atoms. The number of hydrogen-bond acceptors (Lipinski definition) is 5. The minimum Gasteiger partial charge on any atom is -0.508 e. The number of benzene rings is 2. The number of fused-ring (bicyclic) bond motifs is 3. The summed E-state index contributed by atoms with van der Waals surface area (Å²) in [4.78, 5) is 33.3. The average Bonchev–Trinajstić information content (AvgIpc) is 3.51. The van der Waals surface area contributed by atoms with Gasteiger partial charge in [-0.3, -0.25) is 19.5 Å². The molecule has 0 bridgehead atoms. The lowest BCUT2D eigenvalue weighted by Crippen LogP contribution is -2.34. The molecule has 0 unspecified atom stereocenters. The topological polar surface area (TPSA) is 79.7 Å². The number of aromatic hydroxyl groups is 1. The Kier molecular flexibility index (Phi) is 7.35. The Morgan fingerprint density at radius 3 is 2.50 bits per heavy atom. The maximum atomic E-state index is 13.7. The number of phenols is 1. The van der Waals surface area contributed by atoms with Crippen LogP contribution in [0.3, 0.4) is 0 Å². The lowest BCUT2D eigenvalue weighted by Gasteiger charge is -2.32. The molecule has 2 saturated heterocycles. The Balaban J connectivity index is 1.28. The lowest BCUT2D eigenvalue weighted by molar-refractivity contribution is -0.122. The fraction of sp³-hybridized carbons (Fsp3) is 0.324. The third kappa shape index (κ3) is 4.88. The second-order valence-electron chi connectivity index (χ2n) is 10.9. The van der Waals surface area contributed by atoms with Crippen LogP contribution in [0.15, 0.2) is 90.1 Å². The fourth-order valence-corrected chi connectivity index (χ4v) is 6.73. The normalized spacial score (nSPS) is 24.4. The molecule has 3 aromatic rings. The number of aromatic nitrogens is 1. The first-order valence-corrected chi connectivity index (χ1v) is 14.2. The van der Waals surface area contributed by atoms with Gasteiger partial charge in [0.2, 0.25) is 11.8 Å². The van der Waals surface area contributed by atoms with Crippen molar-refractivity contribution in [1.29, 1.82) is 0 Å². The lowest BCUT2D eigenvalue weighted by atomic mass is 9.68. The van der Waals surface area contributed by atoms with E-state index in [1.54, 1.807) is 18.3 Å². The van der Waals surface area contributed by atoms with Crippen LogP contribution in [0, 0.1) is 17.8 Å². The first-order chi connectivity index (χ1) is 19.5. The molecule has 6 nitrogen and oxygen atoms in total. The van der Waals surface area contributed by atoms with Crippen LogP contribution < -0.4 is 4.90 Å². The molecule has 204 valence electrons. The van der Waals surface area contributed by atoms with E-state index in [-0.39, 0.29) is 41.4 Å². The van der Waals surface area contributed by atoms with E-state index >= 15 is 0 Å². The van der Waals surface area contributed by atoms with Crippen molar-refractivity contribution in [1.82, 2.24) is 4.98 Å². The van der Waals surface area contributed by atoms with Gasteiger partial charge in [-0.2, -0.15) is 0 Å². The van der Waals surface area contributed by atoms with Crippen molar-refractivity contribution >= 4 is 29.2 Å². The highest BCUT2D eigenvalue weighted by atomic mass is 16.5. The predicted octanol–water partition coefficient (Wildman–Crippen LogP) is 6.43. The molecule has 3 aliphatic rings. The molecular weight excluding hydrogens is 500 g/mol. The Morgan fingerprint density at radius 2 is 1.77 bits per heavy atom. The van der Waals surface area contributed by atoms with Gasteiger partial charge in [0.1, 0.15) is 5.75 Å². The molecule has 1 N–H and O–H groups in total. The maximum Gasteiger partial charge on any atom is 0.238 e. The summed E-state index contributed by atoms with van der Waals surface area (Å²) in [6, 6.07) is 22.4. The molecule has 2 aliphatic heterocycles. The van der Waals surface area contributed by atoms with Crippen LogP contribution in [-0.2, 0) is 14.3 Å². The molecule has 2 amide bonds. The summed E-state index contributed by atoms with van der Waals surface area (Å²) in [5.41, 5.74) is 6.20. The molecule has 2 fully saturated rings. The molecule has 0 saturated carbocycles. The van der Waals surface area contributed by atoms with Gasteiger partial charge < -0.3 is 9.84 Å². The van der Waals surface area contributed by atoms with Gasteiger partial charge in [-0.25, -0.2) is 0 Å². The van der Waals surface area contributed by atoms with E-state index in [1.165, 1.54) is 16.0 Å². The van der Waals surface area contributed by atoms with E-state index in [0.717, 1.165) is 42.5 Å². The smallest absolute Gasteiger partial charge is 0.238 e. The number of pyridine rings is 1. The molecule has 6 rings (SSSR count). The van der Waals surface area contributed by atoms with E-state index in [4.69, 9.17) is 4.74 Å². The van der Waals surface area contributed by atoms with Crippen molar-refractivity contribution in [3.8, 4) is 5.75 Å². The maximum absolute atomic E-state index is 13.7. The first kappa shape index (κ1) is 26.2. The number of ether oxygens (including phenoxy) is 1. The number of carbonyl (C=O) groups excluding carboxylic acids is 2. The van der Waals surface area contributed by atoms with Crippen molar-refractivity contribution in [2.45, 2.75) is 45.1 Å². The summed E-state index contributed by atoms with van der Waals surface area (Å²) in [6.45, 7) is 2.63. The summed E-state index contributed by atoms with van der Waals surface area (Å²) in [5.74, 6) is -0.676. The standard InChI is InChI=1S/C34H34N2O4/c1-2-8-24-20-27-32(34(39)36(33(27)38)25-9-4-3-5-10-25)28-21-40-30(31(24)28)17-14-23(29-11-6-7-18-35-29)19-22-12-15-26(37)16-13-22/h3-7,9-13,15-16,18-19,27-28,30,32,37H,2,8,14,17,20-21H2,1H3/b23-19-/t27-,28+,30-,32-/m1/s1. The number of amides is 2. The van der Waals surface area contributed by atoms with Gasteiger partial charge >= 0.3 is 0 Å². The average molecular weight is 535 g/mol. The Hall–Kier alpha value is -4.03. The number of para-hydroxylation sites is 1. The molecule has 6 heteroatoms. The Bertz CT molecular complexity index is 1450. The zero-order valence-electron chi connectivity index (χ0n) is 22.7. The number of imide groups is 1. The van der Waals surface area contributed by atoms with E-state index in [9.17, 15) is 14.7 Å². The number of nitrogens with zero attached hydrogens (tertiary/aromatic N) is 2. The third-order valence-electron chi connectivity index (χ3n) is 8.48. The summed E-state index contributed by atoms with van der Waals surface area (Å²) in [7, 11) is 0. The van der Waals surface area contributed by atoms with Crippen LogP contribution in [0.4, 0.5) is 5.69 Å². The molecular formula is C34H34N2O4. The van der Waals surface area contributed by atoms with Crippen LogP contribution in [0.5, 0.6) is 5.75 Å². The third-order valence-corrected chi connectivity index (χ3v) is 8.48. The minimum absolute atomic E-state index is 0.0603. The van der Waals surface area contributed by atoms with Crippen molar-refractivity contribution in [3.63, 3.8) is 0 Å². The fourth-order valence-electron chi connectivity index (χ4n) is 6.73. The zero-order valence-corrected chi connectivity index (χ0v) is 22.7. The Morgan fingerprint density at radius 1 is 1.00 bits per heavy atom. The highest BCUT2D eigenvalue weighted by Crippen LogP contribution is 2.51. The van der Waals surface area contributed by atoms with Crippen LogP contribution in [0.1, 0.15) is 50.3 Å². The molecule has 4 atom stereocenters. The van der Waals surface area contributed by atoms with Gasteiger partial charge in [0.25, 0.3) is 0 Å². The number of anilines is 1. The highest BCUT2D eigenvalue weighted by Gasteiger charge is 2.57. The first-order valence-electron chi connectivity index (χ1n) is 14.2. The van der Waals surface area contributed by atoms with Crippen LogP contribution in [-0.4, -0.2) is 34.6 Å². The van der Waals surface area contributed by atoms with E-state index in [1.807, 2.05) is 60.7 Å². The van der Waals surface area contributed by atoms with E-state index in [0.29, 0.717) is 18.7 Å². The molecule has 40 heavy (non-hydrogen) atoms. The monoisotopic (exact) mass is 534 g/mol. The van der Waals surface area contributed by atoms with Gasteiger partial charge in [-0.15, -0.1) is 0 Å². The molecule has 0 radical (unpaired) electrons. The van der Waals surface area contributed by atoms with Gasteiger partial charge in [0.05, 0.1) is 35.9 Å². The number of rotatable bonds is 8. The summed E-state index contributed by atoms with van der Waals surface area (Å²) in [5, 5.41) is 9.71. The summed E-state index contributed by atoms with van der Waals surface area (Å²) in [6.07, 6.45) is 7.87. The van der Waals surface area contributed by atoms with E-state index < -0.39 is 0 Å². The number of allylic oxidation sites excluding steroid dienone is 2. The predicted molar refractivity (Wildman–Crippen MR) is 155 cm³/mol. The van der Waals surface area contributed by atoms with Crippen LogP contribution >= 0.6 is 0 Å². The summed E-state index contributed by atoms with van der Waals surface area (Å²) >= 11 is 0. The van der Waals surface area contributed by atoms with Crippen molar-refractivity contribution in [2.24, 2.45) is 17.8 Å². The van der Waals surface area contributed by atoms with Crippen LogP contribution in [0.25, 0.3) is 11.6 Å². The highest BCUT2D eigenvalue weighted by molar-refractivity contribution is 6.22. The van der Waals surface area contributed by atoms with Crippen LogP contribution in [0.2, 0.25) is 0 Å². The second kappa shape index (κ2) is 11.2. The molecule has 2 aromatic carbocycles. The van der Waals surface area contributed by atoms with Gasteiger partial charge in [-0.05, 0) is 84.9 Å². The number of hydrogen-bond donors (Lipinski definition) is 1. The number of carbonyl (C=O) groups is 2. The van der Waals surface area contributed by atoms with Crippen molar-refractivity contribution in [2.75, 3.05) is 11.5 Å².